The molecule has 0 saturated heterocycles. The first-order valence-electron chi connectivity index (χ1n) is 3.82. The summed E-state index contributed by atoms with van der Waals surface area (Å²) in [6.45, 7) is 6.43. The Bertz CT molecular complexity index is 113. The molecule has 0 fully saturated rings. The van der Waals surface area contributed by atoms with E-state index in [0.29, 0.717) is 6.61 Å². The number of aliphatic hydroxyl groups excluding tert-OH is 1. The number of hydrogen-bond acceptors (Lipinski definition) is 3. The highest BCUT2D eigenvalue weighted by molar-refractivity contribution is 4.78. The van der Waals surface area contributed by atoms with E-state index in [2.05, 4.69) is 0 Å². The van der Waals surface area contributed by atoms with Gasteiger partial charge in [-0.2, -0.15) is 0 Å². The quantitative estimate of drug-likeness (QED) is 0.615. The standard InChI is InChI=1S/C8H19NO2/c1-7(10)9(4)8(2,3)6-11-5/h7,10H,6H2,1-5H3. The molecule has 0 aliphatic carbocycles. The molecule has 0 aromatic rings. The third kappa shape index (κ3) is 3.18. The molecule has 0 aromatic heterocycles. The average molecular weight is 161 g/mol. The Morgan fingerprint density at radius 2 is 2.00 bits per heavy atom. The minimum atomic E-state index is -0.430. The van der Waals surface area contributed by atoms with Crippen LogP contribution in [0.2, 0.25) is 0 Å². The van der Waals surface area contributed by atoms with Crippen LogP contribution in [0.5, 0.6) is 0 Å². The van der Waals surface area contributed by atoms with Crippen LogP contribution in [0.25, 0.3) is 0 Å². The second kappa shape index (κ2) is 4.04. The Hall–Kier alpha value is -0.120. The molecule has 0 aliphatic rings. The lowest BCUT2D eigenvalue weighted by Crippen LogP contribution is -2.49. The van der Waals surface area contributed by atoms with Gasteiger partial charge in [0.2, 0.25) is 0 Å². The van der Waals surface area contributed by atoms with E-state index in [1.165, 1.54) is 0 Å². The number of rotatable bonds is 4. The Kier molecular flexibility index (Phi) is 4.00. The van der Waals surface area contributed by atoms with Gasteiger partial charge in [-0.3, -0.25) is 4.90 Å². The van der Waals surface area contributed by atoms with Crippen molar-refractivity contribution < 1.29 is 9.84 Å². The molecular weight excluding hydrogens is 142 g/mol. The van der Waals surface area contributed by atoms with E-state index in [0.717, 1.165) is 0 Å². The Labute approximate surface area is 69.0 Å². The lowest BCUT2D eigenvalue weighted by molar-refractivity contribution is -0.0531. The number of methoxy groups -OCH3 is 1. The molecule has 3 nitrogen and oxygen atoms in total. The summed E-state index contributed by atoms with van der Waals surface area (Å²) < 4.78 is 5.03. The lowest BCUT2D eigenvalue weighted by atomic mass is 10.1. The molecule has 1 N–H and O–H groups in total. The van der Waals surface area contributed by atoms with E-state index < -0.39 is 6.23 Å². The molecule has 68 valence electrons. The van der Waals surface area contributed by atoms with Crippen LogP contribution in [-0.2, 0) is 4.74 Å². The third-order valence-electron chi connectivity index (χ3n) is 2.01. The van der Waals surface area contributed by atoms with Gasteiger partial charge in [-0.05, 0) is 27.8 Å². The zero-order chi connectivity index (χ0) is 9.07. The van der Waals surface area contributed by atoms with E-state index in [1.807, 2.05) is 25.8 Å². The van der Waals surface area contributed by atoms with E-state index in [1.54, 1.807) is 14.0 Å². The second-order valence-electron chi connectivity index (χ2n) is 3.49. The van der Waals surface area contributed by atoms with E-state index in [4.69, 9.17) is 4.74 Å². The first kappa shape index (κ1) is 10.9. The molecule has 0 rings (SSSR count). The minimum absolute atomic E-state index is 0.108. The van der Waals surface area contributed by atoms with Gasteiger partial charge in [-0.15, -0.1) is 0 Å². The largest absolute Gasteiger partial charge is 0.383 e. The number of likely N-dealkylation sites (N-methyl/N-ethyl adjacent to an activating group) is 1. The van der Waals surface area contributed by atoms with E-state index in [9.17, 15) is 5.11 Å². The van der Waals surface area contributed by atoms with Gasteiger partial charge in [0.15, 0.2) is 0 Å². The number of hydrogen-bond donors (Lipinski definition) is 1. The van der Waals surface area contributed by atoms with Gasteiger partial charge in [0.05, 0.1) is 6.61 Å². The second-order valence-corrected chi connectivity index (χ2v) is 3.49. The summed E-state index contributed by atoms with van der Waals surface area (Å²) in [6, 6.07) is 0. The Morgan fingerprint density at radius 1 is 1.55 bits per heavy atom. The molecule has 1 atom stereocenters. The topological polar surface area (TPSA) is 32.7 Å². The summed E-state index contributed by atoms with van der Waals surface area (Å²) in [6.07, 6.45) is -0.430. The number of aliphatic hydroxyl groups is 1. The maximum atomic E-state index is 9.25. The predicted octanol–water partition coefficient (Wildman–Crippen LogP) is 0.681. The molecule has 0 spiro atoms. The van der Waals surface area contributed by atoms with Crippen molar-refractivity contribution >= 4 is 0 Å². The third-order valence-corrected chi connectivity index (χ3v) is 2.01. The van der Waals surface area contributed by atoms with Gasteiger partial charge in [-0.1, -0.05) is 0 Å². The highest BCUT2D eigenvalue weighted by Crippen LogP contribution is 2.13. The molecule has 3 heteroatoms. The van der Waals surface area contributed by atoms with Crippen LogP contribution in [0, 0.1) is 0 Å². The van der Waals surface area contributed by atoms with Gasteiger partial charge < -0.3 is 9.84 Å². The lowest BCUT2D eigenvalue weighted by Gasteiger charge is -2.36. The molecule has 0 radical (unpaired) electrons. The first-order chi connectivity index (χ1) is 4.91. The van der Waals surface area contributed by atoms with Gasteiger partial charge in [0.25, 0.3) is 0 Å². The summed E-state index contributed by atoms with van der Waals surface area (Å²) in [5.41, 5.74) is -0.108. The van der Waals surface area contributed by atoms with Crippen molar-refractivity contribution in [2.45, 2.75) is 32.5 Å². The molecule has 1 unspecified atom stereocenters. The zero-order valence-electron chi connectivity index (χ0n) is 8.09. The van der Waals surface area contributed by atoms with Crippen molar-refractivity contribution in [2.24, 2.45) is 0 Å². The Balaban J connectivity index is 4.05. The van der Waals surface area contributed by atoms with Gasteiger partial charge in [0.1, 0.15) is 6.23 Å². The van der Waals surface area contributed by atoms with Crippen LogP contribution in [0.15, 0.2) is 0 Å². The van der Waals surface area contributed by atoms with Crippen LogP contribution < -0.4 is 0 Å². The van der Waals surface area contributed by atoms with Crippen molar-refractivity contribution in [3.8, 4) is 0 Å². The monoisotopic (exact) mass is 161 g/mol. The fraction of sp³-hybridized carbons (Fsp3) is 1.00. The van der Waals surface area contributed by atoms with Gasteiger partial charge in [0, 0.05) is 12.6 Å². The van der Waals surface area contributed by atoms with E-state index in [-0.39, 0.29) is 5.54 Å². The maximum Gasteiger partial charge on any atom is 0.104 e. The first-order valence-corrected chi connectivity index (χ1v) is 3.82. The molecule has 0 saturated carbocycles. The van der Waals surface area contributed by atoms with Crippen LogP contribution in [0.3, 0.4) is 0 Å². The zero-order valence-corrected chi connectivity index (χ0v) is 8.09. The Morgan fingerprint density at radius 3 is 2.27 bits per heavy atom. The number of nitrogens with zero attached hydrogens (tertiary/aromatic N) is 1. The molecular formula is C8H19NO2. The minimum Gasteiger partial charge on any atom is -0.383 e. The SMILES string of the molecule is COCC(C)(C)N(C)C(C)O. The molecule has 0 aromatic carbocycles. The average Bonchev–Trinajstić information content (AvgIpc) is 1.86. The summed E-state index contributed by atoms with van der Waals surface area (Å²) in [5.74, 6) is 0. The van der Waals surface area contributed by atoms with Gasteiger partial charge >= 0.3 is 0 Å². The maximum absolute atomic E-state index is 9.25. The highest BCUT2D eigenvalue weighted by atomic mass is 16.5. The smallest absolute Gasteiger partial charge is 0.104 e. The number of ether oxygens (including phenoxy) is 1. The van der Waals surface area contributed by atoms with Gasteiger partial charge in [-0.25, -0.2) is 0 Å². The van der Waals surface area contributed by atoms with Crippen LogP contribution in [0.4, 0.5) is 0 Å². The predicted molar refractivity (Wildman–Crippen MR) is 45.4 cm³/mol. The summed E-state index contributed by atoms with van der Waals surface area (Å²) in [7, 11) is 3.54. The molecule has 0 aliphatic heterocycles. The fourth-order valence-corrected chi connectivity index (χ4v) is 0.961. The molecule has 0 heterocycles. The van der Waals surface area contributed by atoms with Crippen molar-refractivity contribution in [3.05, 3.63) is 0 Å². The van der Waals surface area contributed by atoms with Crippen molar-refractivity contribution in [1.82, 2.24) is 4.90 Å². The van der Waals surface area contributed by atoms with Crippen LogP contribution in [0.1, 0.15) is 20.8 Å². The summed E-state index contributed by atoms with van der Waals surface area (Å²) in [5, 5.41) is 9.25. The molecule has 0 amide bonds. The van der Waals surface area contributed by atoms with E-state index >= 15 is 0 Å². The van der Waals surface area contributed by atoms with Crippen molar-refractivity contribution in [1.29, 1.82) is 0 Å². The van der Waals surface area contributed by atoms with Crippen molar-refractivity contribution in [2.75, 3.05) is 20.8 Å². The van der Waals surface area contributed by atoms with Crippen LogP contribution >= 0.6 is 0 Å². The van der Waals surface area contributed by atoms with Crippen LogP contribution in [-0.4, -0.2) is 42.5 Å². The molecule has 11 heavy (non-hydrogen) atoms. The summed E-state index contributed by atoms with van der Waals surface area (Å²) in [4.78, 5) is 1.87. The molecule has 0 bridgehead atoms. The normalized spacial score (nSPS) is 15.5. The highest BCUT2D eigenvalue weighted by Gasteiger charge is 2.25. The summed E-state index contributed by atoms with van der Waals surface area (Å²) >= 11 is 0. The fourth-order valence-electron chi connectivity index (χ4n) is 0.961. The van der Waals surface area contributed by atoms with Crippen molar-refractivity contribution in [3.63, 3.8) is 0 Å².